The summed E-state index contributed by atoms with van der Waals surface area (Å²) in [6.07, 6.45) is -0.502. The maximum atomic E-state index is 12.8. The highest BCUT2D eigenvalue weighted by Gasteiger charge is 2.36. The molecule has 0 bridgehead atoms. The lowest BCUT2D eigenvalue weighted by molar-refractivity contribution is -0.152. The van der Waals surface area contributed by atoms with Gasteiger partial charge in [-0.3, -0.25) is 14.4 Å². The molecule has 0 radical (unpaired) electrons. The number of primary amides is 1. The lowest BCUT2D eigenvalue weighted by Gasteiger charge is -2.37. The highest BCUT2D eigenvalue weighted by molar-refractivity contribution is 5.97. The molecule has 1 aliphatic heterocycles. The minimum Gasteiger partial charge on any atom is -0.374 e. The first-order valence-corrected chi connectivity index (χ1v) is 7.14. The molecule has 2 rings (SSSR count). The fourth-order valence-electron chi connectivity index (χ4n) is 2.45. The maximum Gasteiger partial charge on any atom is 0.251 e. The SMILES string of the molecule is C[C@H]1OCCN(C(=O)CNC(=O)c2ccc(F)cc2)[C@@H]1C(N)=O. The highest BCUT2D eigenvalue weighted by atomic mass is 19.1. The molecule has 1 aromatic rings. The molecule has 1 heterocycles. The summed E-state index contributed by atoms with van der Waals surface area (Å²) in [7, 11) is 0. The van der Waals surface area contributed by atoms with E-state index in [1.807, 2.05) is 0 Å². The van der Waals surface area contributed by atoms with Crippen LogP contribution < -0.4 is 11.1 Å². The van der Waals surface area contributed by atoms with Crippen LogP contribution in [0.25, 0.3) is 0 Å². The first-order valence-electron chi connectivity index (χ1n) is 7.14. The Labute approximate surface area is 132 Å². The summed E-state index contributed by atoms with van der Waals surface area (Å²) >= 11 is 0. The van der Waals surface area contributed by atoms with Crippen LogP contribution >= 0.6 is 0 Å². The monoisotopic (exact) mass is 323 g/mol. The first kappa shape index (κ1) is 16.9. The molecule has 2 atom stereocenters. The molecule has 7 nitrogen and oxygen atoms in total. The number of rotatable bonds is 4. The van der Waals surface area contributed by atoms with Gasteiger partial charge in [0.25, 0.3) is 5.91 Å². The number of carbonyl (C=O) groups excluding carboxylic acids is 3. The molecule has 0 aliphatic carbocycles. The van der Waals surface area contributed by atoms with Gasteiger partial charge in [0.2, 0.25) is 11.8 Å². The lowest BCUT2D eigenvalue weighted by atomic mass is 10.1. The second-order valence-electron chi connectivity index (χ2n) is 5.20. The number of hydrogen-bond donors (Lipinski definition) is 2. The van der Waals surface area contributed by atoms with Gasteiger partial charge in [0.15, 0.2) is 0 Å². The molecule has 0 saturated carbocycles. The van der Waals surface area contributed by atoms with Crippen LogP contribution in [-0.2, 0) is 14.3 Å². The maximum absolute atomic E-state index is 12.8. The van der Waals surface area contributed by atoms with Crippen molar-refractivity contribution < 1.29 is 23.5 Å². The topological polar surface area (TPSA) is 102 Å². The largest absolute Gasteiger partial charge is 0.374 e. The summed E-state index contributed by atoms with van der Waals surface area (Å²) in [5.74, 6) is -2.05. The summed E-state index contributed by atoms with van der Waals surface area (Å²) < 4.78 is 18.1. The summed E-state index contributed by atoms with van der Waals surface area (Å²) in [5, 5.41) is 2.44. The Morgan fingerprint density at radius 2 is 2.00 bits per heavy atom. The van der Waals surface area contributed by atoms with Gasteiger partial charge in [-0.1, -0.05) is 0 Å². The third-order valence-electron chi connectivity index (χ3n) is 3.61. The number of nitrogens with zero attached hydrogens (tertiary/aromatic N) is 1. The highest BCUT2D eigenvalue weighted by Crippen LogP contribution is 2.14. The van der Waals surface area contributed by atoms with Crippen LogP contribution in [-0.4, -0.2) is 54.5 Å². The Kier molecular flexibility index (Phi) is 5.28. The summed E-state index contributed by atoms with van der Waals surface area (Å²) in [6, 6.07) is 4.09. The van der Waals surface area contributed by atoms with E-state index in [-0.39, 0.29) is 18.7 Å². The third kappa shape index (κ3) is 4.04. The van der Waals surface area contributed by atoms with Crippen LogP contribution in [0.1, 0.15) is 17.3 Å². The Morgan fingerprint density at radius 3 is 2.61 bits per heavy atom. The summed E-state index contributed by atoms with van der Waals surface area (Å²) in [4.78, 5) is 36.9. The molecule has 1 aromatic carbocycles. The molecule has 0 aromatic heterocycles. The van der Waals surface area contributed by atoms with Gasteiger partial charge in [0.1, 0.15) is 11.9 Å². The smallest absolute Gasteiger partial charge is 0.251 e. The van der Waals surface area contributed by atoms with Crippen molar-refractivity contribution in [3.8, 4) is 0 Å². The first-order chi connectivity index (χ1) is 10.9. The fourth-order valence-corrected chi connectivity index (χ4v) is 2.45. The minimum absolute atomic E-state index is 0.225. The van der Waals surface area contributed by atoms with Crippen LogP contribution in [0.2, 0.25) is 0 Å². The Bertz CT molecular complexity index is 605. The van der Waals surface area contributed by atoms with Crippen molar-refractivity contribution in [2.24, 2.45) is 5.73 Å². The molecular weight excluding hydrogens is 305 g/mol. The van der Waals surface area contributed by atoms with E-state index in [0.29, 0.717) is 6.61 Å². The Morgan fingerprint density at radius 1 is 1.35 bits per heavy atom. The standard InChI is InChI=1S/C15H18FN3O4/c1-9-13(14(17)21)19(6-7-23-9)12(20)8-18-15(22)10-2-4-11(16)5-3-10/h2-5,9,13H,6-8H2,1H3,(H2,17,21)(H,18,22)/t9-,13+/m1/s1. The zero-order valence-corrected chi connectivity index (χ0v) is 12.6. The normalized spacial score (nSPS) is 20.9. The lowest BCUT2D eigenvalue weighted by Crippen LogP contribution is -2.60. The van der Waals surface area contributed by atoms with E-state index in [2.05, 4.69) is 5.32 Å². The van der Waals surface area contributed by atoms with Gasteiger partial charge in [0, 0.05) is 12.1 Å². The van der Waals surface area contributed by atoms with E-state index in [9.17, 15) is 18.8 Å². The van der Waals surface area contributed by atoms with Crippen molar-refractivity contribution in [1.29, 1.82) is 0 Å². The van der Waals surface area contributed by atoms with Crippen molar-refractivity contribution in [2.75, 3.05) is 19.7 Å². The Hall–Kier alpha value is -2.48. The second kappa shape index (κ2) is 7.19. The van der Waals surface area contributed by atoms with Crippen LogP contribution in [0, 0.1) is 5.82 Å². The zero-order chi connectivity index (χ0) is 17.0. The van der Waals surface area contributed by atoms with Crippen molar-refractivity contribution in [2.45, 2.75) is 19.1 Å². The van der Waals surface area contributed by atoms with Gasteiger partial charge < -0.3 is 20.7 Å². The summed E-state index contributed by atoms with van der Waals surface area (Å²) in [5.41, 5.74) is 5.55. The van der Waals surface area contributed by atoms with Crippen molar-refractivity contribution in [1.82, 2.24) is 10.2 Å². The minimum atomic E-state index is -0.862. The van der Waals surface area contributed by atoms with E-state index in [1.54, 1.807) is 6.92 Å². The average Bonchev–Trinajstić information content (AvgIpc) is 2.52. The molecule has 1 saturated heterocycles. The van der Waals surface area contributed by atoms with Gasteiger partial charge in [-0.15, -0.1) is 0 Å². The molecule has 1 fully saturated rings. The van der Waals surface area contributed by atoms with Crippen LogP contribution in [0.15, 0.2) is 24.3 Å². The van der Waals surface area contributed by atoms with E-state index in [4.69, 9.17) is 10.5 Å². The number of nitrogens with one attached hydrogen (secondary N) is 1. The number of amides is 3. The van der Waals surface area contributed by atoms with E-state index in [0.717, 1.165) is 12.1 Å². The Balaban J connectivity index is 1.96. The van der Waals surface area contributed by atoms with Crippen molar-refractivity contribution in [3.05, 3.63) is 35.6 Å². The van der Waals surface area contributed by atoms with Crippen LogP contribution in [0.3, 0.4) is 0 Å². The molecule has 0 unspecified atom stereocenters. The van der Waals surface area contributed by atoms with Crippen LogP contribution in [0.5, 0.6) is 0 Å². The average molecular weight is 323 g/mol. The fraction of sp³-hybridized carbons (Fsp3) is 0.400. The number of nitrogens with two attached hydrogens (primary N) is 1. The molecule has 124 valence electrons. The van der Waals surface area contributed by atoms with Gasteiger partial charge in [-0.05, 0) is 31.2 Å². The zero-order valence-electron chi connectivity index (χ0n) is 12.6. The van der Waals surface area contributed by atoms with E-state index in [1.165, 1.54) is 17.0 Å². The number of hydrogen-bond acceptors (Lipinski definition) is 4. The van der Waals surface area contributed by atoms with Gasteiger partial charge in [-0.2, -0.15) is 0 Å². The molecule has 1 aliphatic rings. The number of carbonyl (C=O) groups is 3. The van der Waals surface area contributed by atoms with Gasteiger partial charge in [0.05, 0.1) is 19.3 Å². The van der Waals surface area contributed by atoms with Crippen molar-refractivity contribution in [3.63, 3.8) is 0 Å². The van der Waals surface area contributed by atoms with E-state index >= 15 is 0 Å². The second-order valence-corrected chi connectivity index (χ2v) is 5.20. The third-order valence-corrected chi connectivity index (χ3v) is 3.61. The van der Waals surface area contributed by atoms with Crippen molar-refractivity contribution >= 4 is 17.7 Å². The number of benzene rings is 1. The number of ether oxygens (including phenoxy) is 1. The molecule has 23 heavy (non-hydrogen) atoms. The number of halogens is 1. The summed E-state index contributed by atoms with van der Waals surface area (Å²) in [6.45, 7) is 1.89. The molecule has 0 spiro atoms. The van der Waals surface area contributed by atoms with Crippen LogP contribution in [0.4, 0.5) is 4.39 Å². The number of morpholine rings is 1. The van der Waals surface area contributed by atoms with Gasteiger partial charge >= 0.3 is 0 Å². The van der Waals surface area contributed by atoms with E-state index < -0.39 is 35.7 Å². The van der Waals surface area contributed by atoms with Gasteiger partial charge in [-0.25, -0.2) is 4.39 Å². The molecule has 3 N–H and O–H groups in total. The molecular formula is C15H18FN3O4. The quantitative estimate of drug-likeness (QED) is 0.791. The molecule has 3 amide bonds. The predicted molar refractivity (Wildman–Crippen MR) is 78.8 cm³/mol. The molecule has 8 heteroatoms. The predicted octanol–water partition coefficient (Wildman–Crippen LogP) is -0.343.